The Kier molecular flexibility index (Phi) is 7.46. The number of aromatic nitrogens is 3. The van der Waals surface area contributed by atoms with Crippen molar-refractivity contribution in [1.82, 2.24) is 14.5 Å². The smallest absolute Gasteiger partial charge is 0.271 e. The molecule has 0 aliphatic carbocycles. The number of nitrogens with one attached hydrogen (secondary N) is 1. The van der Waals surface area contributed by atoms with Gasteiger partial charge in [0.2, 0.25) is 0 Å². The van der Waals surface area contributed by atoms with Gasteiger partial charge in [0.15, 0.2) is 11.6 Å². The number of rotatable bonds is 8. The second-order valence-electron chi connectivity index (χ2n) is 8.81. The van der Waals surface area contributed by atoms with E-state index in [0.717, 1.165) is 20.7 Å². The van der Waals surface area contributed by atoms with Gasteiger partial charge in [0.05, 0.1) is 21.7 Å². The molecule has 4 aromatic heterocycles. The first kappa shape index (κ1) is 27.2. The number of thiazole rings is 1. The van der Waals surface area contributed by atoms with E-state index in [9.17, 15) is 14.0 Å². The van der Waals surface area contributed by atoms with E-state index in [4.69, 9.17) is 9.47 Å². The number of nitrogens with zero attached hydrogens (tertiary/aromatic N) is 3. The largest absolute Gasteiger partial charge is 0.493 e. The molecule has 0 radical (unpaired) electrons. The van der Waals surface area contributed by atoms with Crippen LogP contribution in [0.1, 0.15) is 17.3 Å². The van der Waals surface area contributed by atoms with E-state index >= 15 is 4.39 Å². The maximum atomic E-state index is 15.2. The minimum atomic E-state index is -0.794. The molecule has 6 rings (SSSR count). The first-order valence-corrected chi connectivity index (χ1v) is 14.3. The molecular formula is C30H20F2N4O4S2. The van der Waals surface area contributed by atoms with Gasteiger partial charge in [0.25, 0.3) is 11.5 Å². The summed E-state index contributed by atoms with van der Waals surface area (Å²) in [6, 6.07) is 14.2. The number of fused-ring (bicyclic) bond motifs is 1. The van der Waals surface area contributed by atoms with Crippen LogP contribution in [0.5, 0.6) is 17.2 Å². The molecule has 0 fully saturated rings. The summed E-state index contributed by atoms with van der Waals surface area (Å²) in [6.45, 7) is 1.92. The van der Waals surface area contributed by atoms with Crippen molar-refractivity contribution < 1.29 is 23.0 Å². The topological polar surface area (TPSA) is 95.3 Å². The Bertz CT molecular complexity index is 1970. The molecule has 0 atom stereocenters. The van der Waals surface area contributed by atoms with Gasteiger partial charge in [0, 0.05) is 47.5 Å². The molecule has 1 N–H and O–H groups in total. The lowest BCUT2D eigenvalue weighted by molar-refractivity contribution is 0.102. The molecule has 6 aromatic rings. The Morgan fingerprint density at radius 1 is 0.976 bits per heavy atom. The molecule has 1 amide bonds. The zero-order valence-electron chi connectivity index (χ0n) is 21.8. The number of ether oxygens (including phenoxy) is 2. The van der Waals surface area contributed by atoms with Crippen LogP contribution in [0.2, 0.25) is 0 Å². The molecule has 2 aromatic carbocycles. The number of benzene rings is 2. The minimum Gasteiger partial charge on any atom is -0.493 e. The molecule has 12 heteroatoms. The number of carbonyl (C=O) groups is 1. The molecule has 0 spiro atoms. The maximum Gasteiger partial charge on any atom is 0.271 e. The summed E-state index contributed by atoms with van der Waals surface area (Å²) in [5.41, 5.74) is 0.204. The number of pyridine rings is 2. The van der Waals surface area contributed by atoms with E-state index in [2.05, 4.69) is 15.3 Å². The monoisotopic (exact) mass is 602 g/mol. The molecule has 0 aliphatic rings. The highest BCUT2D eigenvalue weighted by molar-refractivity contribution is 7.25. The van der Waals surface area contributed by atoms with Gasteiger partial charge >= 0.3 is 0 Å². The van der Waals surface area contributed by atoms with Gasteiger partial charge in [0.1, 0.15) is 27.9 Å². The van der Waals surface area contributed by atoms with E-state index in [0.29, 0.717) is 17.0 Å². The van der Waals surface area contributed by atoms with E-state index < -0.39 is 23.1 Å². The Balaban J connectivity index is 1.26. The Morgan fingerprint density at radius 2 is 1.81 bits per heavy atom. The average Bonchev–Trinajstić information content (AvgIpc) is 3.66. The fourth-order valence-corrected chi connectivity index (χ4v) is 6.00. The van der Waals surface area contributed by atoms with Crippen LogP contribution in [-0.2, 0) is 0 Å². The Labute approximate surface area is 245 Å². The van der Waals surface area contributed by atoms with Gasteiger partial charge in [-0.15, -0.1) is 22.7 Å². The van der Waals surface area contributed by atoms with Gasteiger partial charge in [-0.05, 0) is 55.5 Å². The average molecular weight is 603 g/mol. The normalized spacial score (nSPS) is 11.0. The third kappa shape index (κ3) is 5.37. The van der Waals surface area contributed by atoms with Crippen LogP contribution >= 0.6 is 22.7 Å². The number of anilines is 1. The number of thiophene rings is 1. The van der Waals surface area contributed by atoms with Crippen molar-refractivity contribution in [3.8, 4) is 32.8 Å². The quantitative estimate of drug-likeness (QED) is 0.197. The standard InChI is InChI=1S/C30H20F2N4O4S2/c1-2-39-23-10-13-36(19-6-3-17(31)4-7-19)30(38)26(23)28(37)35-18-5-8-22(20(32)15-18)40-24-9-11-33-21-16-25(42-27(21)24)29-34-12-14-41-29/h3-16H,2H2,1H3,(H,35,37). The highest BCUT2D eigenvalue weighted by atomic mass is 32.1. The molecule has 210 valence electrons. The summed E-state index contributed by atoms with van der Waals surface area (Å²) in [4.78, 5) is 36.2. The Morgan fingerprint density at radius 3 is 2.55 bits per heavy atom. The van der Waals surface area contributed by atoms with Crippen molar-refractivity contribution in [2.45, 2.75) is 6.92 Å². The maximum absolute atomic E-state index is 15.2. The van der Waals surface area contributed by atoms with Crippen molar-refractivity contribution in [2.75, 3.05) is 11.9 Å². The molecule has 0 unspecified atom stereocenters. The molecule has 0 aliphatic heterocycles. The van der Waals surface area contributed by atoms with Crippen molar-refractivity contribution in [3.05, 3.63) is 112 Å². The van der Waals surface area contributed by atoms with Crippen LogP contribution in [0.25, 0.3) is 25.8 Å². The van der Waals surface area contributed by atoms with Crippen LogP contribution in [-0.4, -0.2) is 27.0 Å². The third-order valence-electron chi connectivity index (χ3n) is 6.11. The summed E-state index contributed by atoms with van der Waals surface area (Å²) >= 11 is 2.95. The van der Waals surface area contributed by atoms with Crippen molar-refractivity contribution in [2.24, 2.45) is 0 Å². The van der Waals surface area contributed by atoms with Crippen molar-refractivity contribution >= 4 is 44.5 Å². The first-order valence-electron chi connectivity index (χ1n) is 12.6. The summed E-state index contributed by atoms with van der Waals surface area (Å²) in [5.74, 6) is -1.55. The number of hydrogen-bond acceptors (Lipinski definition) is 8. The van der Waals surface area contributed by atoms with Crippen molar-refractivity contribution in [3.63, 3.8) is 0 Å². The van der Waals surface area contributed by atoms with E-state index in [1.165, 1.54) is 75.9 Å². The van der Waals surface area contributed by atoms with Crippen LogP contribution < -0.4 is 20.3 Å². The fourth-order valence-electron chi connectivity index (χ4n) is 4.23. The van der Waals surface area contributed by atoms with Crippen LogP contribution in [0, 0.1) is 11.6 Å². The predicted octanol–water partition coefficient (Wildman–Crippen LogP) is 7.29. The molecule has 4 heterocycles. The lowest BCUT2D eigenvalue weighted by atomic mass is 10.2. The van der Waals surface area contributed by atoms with Gasteiger partial charge in [-0.3, -0.25) is 19.1 Å². The van der Waals surface area contributed by atoms with Crippen LogP contribution in [0.4, 0.5) is 14.5 Å². The zero-order valence-corrected chi connectivity index (χ0v) is 23.5. The number of amides is 1. The SMILES string of the molecule is CCOc1ccn(-c2ccc(F)cc2)c(=O)c1C(=O)Nc1ccc(Oc2ccnc3cc(-c4nccs4)sc23)c(F)c1. The van der Waals surface area contributed by atoms with Gasteiger partial charge in [-0.2, -0.15) is 0 Å². The summed E-state index contributed by atoms with van der Waals surface area (Å²) < 4.78 is 42.0. The summed E-state index contributed by atoms with van der Waals surface area (Å²) in [7, 11) is 0. The van der Waals surface area contributed by atoms with Crippen LogP contribution in [0.15, 0.2) is 89.4 Å². The number of carbonyl (C=O) groups excluding carboxylic acids is 1. The first-order chi connectivity index (χ1) is 20.4. The van der Waals surface area contributed by atoms with E-state index in [1.807, 2.05) is 11.4 Å². The van der Waals surface area contributed by atoms with Gasteiger partial charge in [-0.25, -0.2) is 13.8 Å². The second-order valence-corrected chi connectivity index (χ2v) is 10.8. The molecular weight excluding hydrogens is 582 g/mol. The summed E-state index contributed by atoms with van der Waals surface area (Å²) in [5, 5.41) is 5.30. The van der Waals surface area contributed by atoms with E-state index in [-0.39, 0.29) is 29.4 Å². The molecule has 0 saturated heterocycles. The van der Waals surface area contributed by atoms with Crippen molar-refractivity contribution in [1.29, 1.82) is 0 Å². The predicted molar refractivity (Wildman–Crippen MR) is 158 cm³/mol. The second kappa shape index (κ2) is 11.5. The van der Waals surface area contributed by atoms with Crippen LogP contribution in [0.3, 0.4) is 0 Å². The molecule has 0 saturated carbocycles. The summed E-state index contributed by atoms with van der Waals surface area (Å²) in [6.07, 6.45) is 4.74. The highest BCUT2D eigenvalue weighted by Crippen LogP contribution is 2.40. The third-order valence-corrected chi connectivity index (χ3v) is 8.20. The minimum absolute atomic E-state index is 0.0573. The number of hydrogen-bond donors (Lipinski definition) is 1. The molecule has 42 heavy (non-hydrogen) atoms. The zero-order chi connectivity index (χ0) is 29.2. The Hall–Kier alpha value is -4.94. The van der Waals surface area contributed by atoms with Gasteiger partial charge < -0.3 is 14.8 Å². The number of halogens is 2. The molecule has 8 nitrogen and oxygen atoms in total. The fraction of sp³-hybridized carbons (Fsp3) is 0.0667. The van der Waals surface area contributed by atoms with Gasteiger partial charge in [-0.1, -0.05) is 0 Å². The highest BCUT2D eigenvalue weighted by Gasteiger charge is 2.21. The van der Waals surface area contributed by atoms with E-state index in [1.54, 1.807) is 25.4 Å². The lowest BCUT2D eigenvalue weighted by Gasteiger charge is -2.14. The molecule has 0 bridgehead atoms. The lowest BCUT2D eigenvalue weighted by Crippen LogP contribution is -2.29.